The standard InChI is InChI=1S/C23H21NO2/c1-25-22-14-8-18(9-15-22)6-12-20-4-3-5-21(24-20)13-7-19-10-16-23(26-2)17-11-19/h3-17H,1-2H3. The third-order valence-corrected chi connectivity index (χ3v) is 3.92. The van der Waals surface area contributed by atoms with Crippen molar-refractivity contribution in [2.75, 3.05) is 14.2 Å². The number of hydrogen-bond donors (Lipinski definition) is 0. The molecule has 1 heterocycles. The Morgan fingerprint density at radius 2 is 1.00 bits per heavy atom. The van der Waals surface area contributed by atoms with E-state index in [-0.39, 0.29) is 0 Å². The van der Waals surface area contributed by atoms with Crippen molar-refractivity contribution < 1.29 is 9.47 Å². The molecule has 0 N–H and O–H groups in total. The lowest BCUT2D eigenvalue weighted by Crippen LogP contribution is -1.85. The number of methoxy groups -OCH3 is 2. The highest BCUT2D eigenvalue weighted by Crippen LogP contribution is 2.15. The van der Waals surface area contributed by atoms with Crippen molar-refractivity contribution in [3.63, 3.8) is 0 Å². The minimum Gasteiger partial charge on any atom is -0.497 e. The van der Waals surface area contributed by atoms with Gasteiger partial charge in [0.15, 0.2) is 0 Å². The van der Waals surface area contributed by atoms with Crippen LogP contribution in [-0.2, 0) is 0 Å². The molecule has 0 saturated carbocycles. The topological polar surface area (TPSA) is 31.4 Å². The first kappa shape index (κ1) is 17.5. The molecule has 1 aromatic heterocycles. The minimum absolute atomic E-state index is 0.853. The highest BCUT2D eigenvalue weighted by molar-refractivity contribution is 5.71. The summed E-state index contributed by atoms with van der Waals surface area (Å²) in [5, 5.41) is 0. The first-order valence-electron chi connectivity index (χ1n) is 8.38. The molecule has 0 atom stereocenters. The average molecular weight is 343 g/mol. The van der Waals surface area contributed by atoms with E-state index in [1.807, 2.05) is 91.0 Å². The van der Waals surface area contributed by atoms with Crippen LogP contribution in [0.5, 0.6) is 11.5 Å². The predicted octanol–water partition coefficient (Wildman–Crippen LogP) is 5.44. The summed E-state index contributed by atoms with van der Waals surface area (Å²) in [6.45, 7) is 0. The SMILES string of the molecule is COc1ccc(C=Cc2cccc(C=Cc3ccc(OC)cc3)n2)cc1. The number of aromatic nitrogens is 1. The Bertz CT molecular complexity index is 822. The summed E-state index contributed by atoms with van der Waals surface area (Å²) in [6.07, 6.45) is 8.09. The smallest absolute Gasteiger partial charge is 0.118 e. The molecule has 130 valence electrons. The molecule has 0 aliphatic heterocycles. The fourth-order valence-electron chi connectivity index (χ4n) is 2.45. The summed E-state index contributed by atoms with van der Waals surface area (Å²) >= 11 is 0. The van der Waals surface area contributed by atoms with Gasteiger partial charge in [-0.3, -0.25) is 0 Å². The molecule has 3 aromatic rings. The number of pyridine rings is 1. The van der Waals surface area contributed by atoms with E-state index in [0.717, 1.165) is 34.0 Å². The van der Waals surface area contributed by atoms with Crippen molar-refractivity contribution in [1.29, 1.82) is 0 Å². The van der Waals surface area contributed by atoms with Crippen LogP contribution in [-0.4, -0.2) is 19.2 Å². The van der Waals surface area contributed by atoms with E-state index in [1.165, 1.54) is 0 Å². The van der Waals surface area contributed by atoms with Crippen LogP contribution in [0, 0.1) is 0 Å². The van der Waals surface area contributed by atoms with Gasteiger partial charge >= 0.3 is 0 Å². The Labute approximate surface area is 154 Å². The van der Waals surface area contributed by atoms with Gasteiger partial charge in [0.1, 0.15) is 11.5 Å². The third kappa shape index (κ3) is 4.84. The molecule has 0 aliphatic rings. The highest BCUT2D eigenvalue weighted by atomic mass is 16.5. The second-order valence-corrected chi connectivity index (χ2v) is 5.70. The van der Waals surface area contributed by atoms with E-state index < -0.39 is 0 Å². The molecule has 0 bridgehead atoms. The summed E-state index contributed by atoms with van der Waals surface area (Å²) < 4.78 is 10.3. The van der Waals surface area contributed by atoms with Crippen LogP contribution < -0.4 is 9.47 Å². The van der Waals surface area contributed by atoms with E-state index in [4.69, 9.17) is 9.47 Å². The zero-order valence-corrected chi connectivity index (χ0v) is 14.9. The first-order chi connectivity index (χ1) is 12.8. The zero-order valence-electron chi connectivity index (χ0n) is 14.9. The van der Waals surface area contributed by atoms with Crippen LogP contribution >= 0.6 is 0 Å². The second-order valence-electron chi connectivity index (χ2n) is 5.70. The largest absolute Gasteiger partial charge is 0.497 e. The van der Waals surface area contributed by atoms with Gasteiger partial charge in [-0.15, -0.1) is 0 Å². The van der Waals surface area contributed by atoms with E-state index in [2.05, 4.69) is 4.98 Å². The van der Waals surface area contributed by atoms with Gasteiger partial charge in [-0.1, -0.05) is 42.5 Å². The van der Waals surface area contributed by atoms with Gasteiger partial charge < -0.3 is 9.47 Å². The van der Waals surface area contributed by atoms with Crippen LogP contribution in [0.3, 0.4) is 0 Å². The molecule has 0 unspecified atom stereocenters. The van der Waals surface area contributed by atoms with Crippen molar-refractivity contribution in [2.24, 2.45) is 0 Å². The fourth-order valence-corrected chi connectivity index (χ4v) is 2.45. The van der Waals surface area contributed by atoms with Gasteiger partial charge in [-0.25, -0.2) is 4.98 Å². The number of hydrogen-bond acceptors (Lipinski definition) is 3. The van der Waals surface area contributed by atoms with Crippen molar-refractivity contribution >= 4 is 24.3 Å². The summed E-state index contributed by atoms with van der Waals surface area (Å²) in [5.41, 5.74) is 4.04. The molecule has 3 nitrogen and oxygen atoms in total. The van der Waals surface area contributed by atoms with E-state index >= 15 is 0 Å². The zero-order chi connectivity index (χ0) is 18.2. The maximum atomic E-state index is 5.17. The van der Waals surface area contributed by atoms with Crippen molar-refractivity contribution in [3.05, 3.63) is 89.2 Å². The lowest BCUT2D eigenvalue weighted by molar-refractivity contribution is 0.414. The van der Waals surface area contributed by atoms with E-state index in [0.29, 0.717) is 0 Å². The molecule has 2 aromatic carbocycles. The summed E-state index contributed by atoms with van der Waals surface area (Å²) in [7, 11) is 3.33. The minimum atomic E-state index is 0.853. The van der Waals surface area contributed by atoms with Crippen molar-refractivity contribution in [1.82, 2.24) is 4.98 Å². The van der Waals surface area contributed by atoms with E-state index in [1.54, 1.807) is 14.2 Å². The molecular weight excluding hydrogens is 322 g/mol. The Morgan fingerprint density at radius 3 is 1.38 bits per heavy atom. The van der Waals surface area contributed by atoms with Crippen molar-refractivity contribution in [3.8, 4) is 11.5 Å². The fraction of sp³-hybridized carbons (Fsp3) is 0.0870. The molecular formula is C23H21NO2. The van der Waals surface area contributed by atoms with Crippen LogP contribution in [0.25, 0.3) is 24.3 Å². The number of nitrogens with zero attached hydrogens (tertiary/aromatic N) is 1. The van der Waals surface area contributed by atoms with Gasteiger partial charge in [0.05, 0.1) is 25.6 Å². The third-order valence-electron chi connectivity index (χ3n) is 3.92. The van der Waals surface area contributed by atoms with Crippen LogP contribution in [0.2, 0.25) is 0 Å². The monoisotopic (exact) mass is 343 g/mol. The molecule has 0 saturated heterocycles. The molecule has 0 aliphatic carbocycles. The maximum Gasteiger partial charge on any atom is 0.118 e. The van der Waals surface area contributed by atoms with Gasteiger partial charge in [-0.2, -0.15) is 0 Å². The highest BCUT2D eigenvalue weighted by Gasteiger charge is 1.95. The number of ether oxygens (including phenoxy) is 2. The number of rotatable bonds is 6. The Kier molecular flexibility index (Phi) is 5.84. The average Bonchev–Trinajstić information content (AvgIpc) is 2.72. The van der Waals surface area contributed by atoms with Gasteiger partial charge in [-0.05, 0) is 59.7 Å². The van der Waals surface area contributed by atoms with Crippen LogP contribution in [0.1, 0.15) is 22.5 Å². The normalized spacial score (nSPS) is 11.2. The lowest BCUT2D eigenvalue weighted by Gasteiger charge is -2.00. The van der Waals surface area contributed by atoms with Crippen LogP contribution in [0.15, 0.2) is 66.7 Å². The summed E-state index contributed by atoms with van der Waals surface area (Å²) in [6, 6.07) is 21.8. The Balaban J connectivity index is 1.70. The molecule has 26 heavy (non-hydrogen) atoms. The lowest BCUT2D eigenvalue weighted by atomic mass is 10.1. The van der Waals surface area contributed by atoms with Gasteiger partial charge in [0.25, 0.3) is 0 Å². The van der Waals surface area contributed by atoms with Crippen molar-refractivity contribution in [2.45, 2.75) is 0 Å². The Morgan fingerprint density at radius 1 is 0.577 bits per heavy atom. The molecule has 3 heteroatoms. The van der Waals surface area contributed by atoms with Gasteiger partial charge in [0, 0.05) is 0 Å². The summed E-state index contributed by atoms with van der Waals surface area (Å²) in [5.74, 6) is 1.71. The van der Waals surface area contributed by atoms with Gasteiger partial charge in [0.2, 0.25) is 0 Å². The Hall–Kier alpha value is -3.33. The molecule has 0 spiro atoms. The molecule has 0 radical (unpaired) electrons. The predicted molar refractivity (Wildman–Crippen MR) is 108 cm³/mol. The second kappa shape index (κ2) is 8.67. The first-order valence-corrected chi connectivity index (χ1v) is 8.38. The molecule has 0 amide bonds. The summed E-state index contributed by atoms with van der Waals surface area (Å²) in [4.78, 5) is 4.65. The quantitative estimate of drug-likeness (QED) is 0.597. The van der Waals surface area contributed by atoms with E-state index in [9.17, 15) is 0 Å². The number of benzene rings is 2. The molecule has 3 rings (SSSR count). The maximum absolute atomic E-state index is 5.17. The molecule has 0 fully saturated rings. The van der Waals surface area contributed by atoms with Crippen LogP contribution in [0.4, 0.5) is 0 Å².